The highest BCUT2D eigenvalue weighted by Gasteiger charge is 2.27. The van der Waals surface area contributed by atoms with E-state index in [2.05, 4.69) is 27.8 Å². The van der Waals surface area contributed by atoms with Gasteiger partial charge in [0.05, 0.1) is 23.2 Å². The summed E-state index contributed by atoms with van der Waals surface area (Å²) in [4.78, 5) is 9.25. The molecule has 0 saturated heterocycles. The summed E-state index contributed by atoms with van der Waals surface area (Å²) >= 11 is 6.23. The van der Waals surface area contributed by atoms with Crippen LogP contribution in [0.15, 0.2) is 67.1 Å². The molecule has 5 rings (SSSR count). The summed E-state index contributed by atoms with van der Waals surface area (Å²) in [5.74, 6) is 0.623. The number of fused-ring (bicyclic) bond motifs is 1. The van der Waals surface area contributed by atoms with Crippen LogP contribution in [0.5, 0.6) is 0 Å². The maximum Gasteiger partial charge on any atom is 0.0994 e. The molecule has 0 radical (unpaired) electrons. The van der Waals surface area contributed by atoms with Crippen LogP contribution in [0.25, 0.3) is 27.8 Å². The highest BCUT2D eigenvalue weighted by atomic mass is 35.5. The average Bonchev–Trinajstić information content (AvgIpc) is 3.38. The van der Waals surface area contributed by atoms with Gasteiger partial charge in [0.15, 0.2) is 0 Å². The van der Waals surface area contributed by atoms with Gasteiger partial charge in [-0.05, 0) is 37.1 Å². The van der Waals surface area contributed by atoms with Crippen molar-refractivity contribution >= 4 is 22.5 Å². The van der Waals surface area contributed by atoms with Crippen molar-refractivity contribution in [1.82, 2.24) is 14.5 Å². The molecule has 2 aromatic heterocycles. The lowest BCUT2D eigenvalue weighted by atomic mass is 10.1. The van der Waals surface area contributed by atoms with E-state index in [4.69, 9.17) is 16.6 Å². The van der Waals surface area contributed by atoms with Gasteiger partial charge in [-0.1, -0.05) is 41.9 Å². The van der Waals surface area contributed by atoms with Gasteiger partial charge in [-0.3, -0.25) is 0 Å². The van der Waals surface area contributed by atoms with Crippen LogP contribution in [0.2, 0.25) is 5.02 Å². The first-order valence-corrected chi connectivity index (χ1v) is 8.86. The molecular formula is C21H16ClN3. The van der Waals surface area contributed by atoms with Crippen LogP contribution in [0.1, 0.15) is 24.5 Å². The van der Waals surface area contributed by atoms with E-state index in [9.17, 15) is 0 Å². The first-order valence-electron chi connectivity index (χ1n) is 8.48. The number of benzene rings is 2. The summed E-state index contributed by atoms with van der Waals surface area (Å²) < 4.78 is 2.21. The molecule has 4 aromatic rings. The Labute approximate surface area is 150 Å². The first-order chi connectivity index (χ1) is 12.3. The Bertz CT molecular complexity index is 1070. The fourth-order valence-corrected chi connectivity index (χ4v) is 3.49. The molecule has 1 saturated carbocycles. The molecule has 2 aromatic carbocycles. The third kappa shape index (κ3) is 2.61. The molecule has 0 N–H and O–H groups in total. The maximum absolute atomic E-state index is 6.23. The lowest BCUT2D eigenvalue weighted by Gasteiger charge is -2.13. The summed E-state index contributed by atoms with van der Waals surface area (Å²) in [7, 11) is 0. The van der Waals surface area contributed by atoms with Crippen molar-refractivity contribution in [3.8, 4) is 16.9 Å². The van der Waals surface area contributed by atoms with E-state index in [1.807, 2.05) is 48.9 Å². The fourth-order valence-electron chi connectivity index (χ4n) is 3.33. The molecule has 0 amide bonds. The summed E-state index contributed by atoms with van der Waals surface area (Å²) in [6.45, 7) is 0. The van der Waals surface area contributed by atoms with E-state index < -0.39 is 0 Å². The number of pyridine rings is 1. The zero-order valence-corrected chi connectivity index (χ0v) is 14.3. The van der Waals surface area contributed by atoms with Crippen molar-refractivity contribution < 1.29 is 0 Å². The number of rotatable bonds is 3. The van der Waals surface area contributed by atoms with E-state index in [-0.39, 0.29) is 0 Å². The molecular weight excluding hydrogens is 330 g/mol. The molecule has 0 aliphatic heterocycles. The van der Waals surface area contributed by atoms with Gasteiger partial charge < -0.3 is 4.57 Å². The normalized spacial score (nSPS) is 14.1. The molecule has 1 aliphatic carbocycles. The Morgan fingerprint density at radius 1 is 1.00 bits per heavy atom. The van der Waals surface area contributed by atoms with Crippen molar-refractivity contribution in [3.05, 3.63) is 77.8 Å². The minimum Gasteiger partial charge on any atom is -0.302 e. The second-order valence-corrected chi connectivity index (χ2v) is 6.95. The predicted octanol–water partition coefficient (Wildman–Crippen LogP) is 5.62. The van der Waals surface area contributed by atoms with Gasteiger partial charge in [0.2, 0.25) is 0 Å². The average molecular weight is 346 g/mol. The summed E-state index contributed by atoms with van der Waals surface area (Å²) in [6.07, 6.45) is 6.38. The minimum atomic E-state index is 0.623. The maximum atomic E-state index is 6.23. The van der Waals surface area contributed by atoms with Crippen LogP contribution in [-0.4, -0.2) is 14.5 Å². The first kappa shape index (κ1) is 14.7. The van der Waals surface area contributed by atoms with Crippen molar-refractivity contribution in [2.24, 2.45) is 0 Å². The van der Waals surface area contributed by atoms with Crippen LogP contribution in [0.3, 0.4) is 0 Å². The predicted molar refractivity (Wildman–Crippen MR) is 101 cm³/mol. The quantitative estimate of drug-likeness (QED) is 0.482. The van der Waals surface area contributed by atoms with E-state index in [1.54, 1.807) is 0 Å². The van der Waals surface area contributed by atoms with E-state index >= 15 is 0 Å². The number of nitrogens with zero attached hydrogens (tertiary/aromatic N) is 3. The molecule has 2 heterocycles. The topological polar surface area (TPSA) is 30.7 Å². The Hall–Kier alpha value is -2.65. The second kappa shape index (κ2) is 5.71. The minimum absolute atomic E-state index is 0.623. The number of halogens is 1. The van der Waals surface area contributed by atoms with Crippen molar-refractivity contribution in [2.45, 2.75) is 18.8 Å². The summed E-state index contributed by atoms with van der Waals surface area (Å²) in [5, 5.41) is 1.79. The van der Waals surface area contributed by atoms with E-state index in [0.717, 1.165) is 27.8 Å². The Kier molecular flexibility index (Phi) is 3.35. The van der Waals surface area contributed by atoms with Gasteiger partial charge >= 0.3 is 0 Å². The smallest absolute Gasteiger partial charge is 0.0994 e. The summed E-state index contributed by atoms with van der Waals surface area (Å²) in [6, 6.07) is 18.3. The molecule has 0 bridgehead atoms. The molecule has 3 nitrogen and oxygen atoms in total. The van der Waals surface area contributed by atoms with Gasteiger partial charge in [-0.25, -0.2) is 9.97 Å². The third-order valence-electron chi connectivity index (χ3n) is 4.74. The molecule has 25 heavy (non-hydrogen) atoms. The second-order valence-electron chi connectivity index (χ2n) is 6.52. The number of hydrogen-bond acceptors (Lipinski definition) is 2. The largest absolute Gasteiger partial charge is 0.302 e. The summed E-state index contributed by atoms with van der Waals surface area (Å²) in [5.41, 5.74) is 5.33. The van der Waals surface area contributed by atoms with Crippen LogP contribution in [0, 0.1) is 0 Å². The lowest BCUT2D eigenvalue weighted by molar-refractivity contribution is 0.929. The zero-order chi connectivity index (χ0) is 16.8. The van der Waals surface area contributed by atoms with E-state index in [1.165, 1.54) is 18.5 Å². The number of hydrogen-bond donors (Lipinski definition) is 0. The highest BCUT2D eigenvalue weighted by Crippen LogP contribution is 2.41. The van der Waals surface area contributed by atoms with Crippen LogP contribution in [0.4, 0.5) is 0 Å². The van der Waals surface area contributed by atoms with Gasteiger partial charge in [-0.2, -0.15) is 0 Å². The van der Waals surface area contributed by atoms with Crippen molar-refractivity contribution in [2.75, 3.05) is 0 Å². The van der Waals surface area contributed by atoms with Crippen LogP contribution < -0.4 is 0 Å². The van der Waals surface area contributed by atoms with Gasteiger partial charge in [0.25, 0.3) is 0 Å². The molecule has 0 spiro atoms. The van der Waals surface area contributed by atoms with Crippen molar-refractivity contribution in [1.29, 1.82) is 0 Å². The molecule has 0 atom stereocenters. The Balaban J connectivity index is 1.80. The molecule has 1 fully saturated rings. The third-order valence-corrected chi connectivity index (χ3v) is 4.98. The fraction of sp³-hybridized carbons (Fsp3) is 0.143. The molecule has 122 valence electrons. The van der Waals surface area contributed by atoms with E-state index in [0.29, 0.717) is 10.9 Å². The van der Waals surface area contributed by atoms with Gasteiger partial charge in [0.1, 0.15) is 0 Å². The number of aromatic nitrogens is 3. The highest BCUT2D eigenvalue weighted by molar-refractivity contribution is 6.31. The van der Waals surface area contributed by atoms with Gasteiger partial charge in [0, 0.05) is 33.8 Å². The Morgan fingerprint density at radius 3 is 2.64 bits per heavy atom. The lowest BCUT2D eigenvalue weighted by Crippen LogP contribution is -2.00. The number of imidazole rings is 1. The molecule has 4 heteroatoms. The van der Waals surface area contributed by atoms with Gasteiger partial charge in [-0.15, -0.1) is 0 Å². The SMILES string of the molecule is Clc1ccc2c(-n3cncc3C3CC3)cc(-c3ccccc3)nc2c1. The Morgan fingerprint density at radius 2 is 1.84 bits per heavy atom. The standard InChI is InChI=1S/C21H16ClN3/c22-16-8-9-17-19(10-16)24-18(14-4-2-1-3-5-14)11-20(17)25-13-23-12-21(25)15-6-7-15/h1-5,8-13,15H,6-7H2. The molecule has 0 unspecified atom stereocenters. The monoisotopic (exact) mass is 345 g/mol. The van der Waals surface area contributed by atoms with Crippen LogP contribution in [-0.2, 0) is 0 Å². The molecule has 1 aliphatic rings. The van der Waals surface area contributed by atoms with Crippen molar-refractivity contribution in [3.63, 3.8) is 0 Å². The van der Waals surface area contributed by atoms with Crippen LogP contribution >= 0.6 is 11.6 Å². The zero-order valence-electron chi connectivity index (χ0n) is 13.6.